The van der Waals surface area contributed by atoms with Crippen molar-refractivity contribution in [3.63, 3.8) is 0 Å². The van der Waals surface area contributed by atoms with E-state index in [4.69, 9.17) is 10.5 Å². The monoisotopic (exact) mass is 269 g/mol. The van der Waals surface area contributed by atoms with Gasteiger partial charge in [-0.2, -0.15) is 24.7 Å². The van der Waals surface area contributed by atoms with Crippen molar-refractivity contribution in [2.45, 2.75) is 0 Å². The molecule has 8 nitrogen and oxygen atoms in total. The highest BCUT2D eigenvalue weighted by molar-refractivity contribution is 5.58. The Morgan fingerprint density at radius 2 is 2.10 bits per heavy atom. The topological polar surface area (TPSA) is 105 Å². The number of anilines is 1. The molecular weight excluding hydrogens is 258 g/mol. The van der Waals surface area contributed by atoms with E-state index in [2.05, 4.69) is 25.0 Å². The minimum Gasteiger partial charge on any atom is -0.497 e. The highest BCUT2D eigenvalue weighted by Crippen LogP contribution is 2.21. The van der Waals surface area contributed by atoms with Crippen LogP contribution in [0.4, 0.5) is 5.95 Å². The SMILES string of the molecule is COc1cccc(-c2nc(N)nc(-n3cncn3)n2)c1. The molecule has 3 aromatic rings. The molecule has 0 spiro atoms. The number of hydrogen-bond acceptors (Lipinski definition) is 7. The van der Waals surface area contributed by atoms with Crippen molar-refractivity contribution in [3.05, 3.63) is 36.9 Å². The van der Waals surface area contributed by atoms with Gasteiger partial charge in [0.05, 0.1) is 7.11 Å². The Kier molecular flexibility index (Phi) is 2.96. The van der Waals surface area contributed by atoms with Crippen LogP contribution in [0.15, 0.2) is 36.9 Å². The third-order valence-corrected chi connectivity index (χ3v) is 2.59. The summed E-state index contributed by atoms with van der Waals surface area (Å²) in [5.74, 6) is 1.59. The van der Waals surface area contributed by atoms with Gasteiger partial charge in [-0.15, -0.1) is 0 Å². The maximum Gasteiger partial charge on any atom is 0.257 e. The zero-order valence-corrected chi connectivity index (χ0v) is 10.6. The molecule has 2 aromatic heterocycles. The highest BCUT2D eigenvalue weighted by Gasteiger charge is 2.09. The molecule has 0 saturated heterocycles. The van der Waals surface area contributed by atoms with Gasteiger partial charge >= 0.3 is 0 Å². The van der Waals surface area contributed by atoms with Gasteiger partial charge in [0.25, 0.3) is 5.95 Å². The second-order valence-corrected chi connectivity index (χ2v) is 3.89. The first-order chi connectivity index (χ1) is 9.76. The summed E-state index contributed by atoms with van der Waals surface area (Å²) in [7, 11) is 1.60. The van der Waals surface area contributed by atoms with E-state index in [0.717, 1.165) is 5.56 Å². The Balaban J connectivity index is 2.09. The molecule has 8 heteroatoms. The number of nitrogens with two attached hydrogens (primary N) is 1. The third-order valence-electron chi connectivity index (χ3n) is 2.59. The molecule has 2 heterocycles. The number of methoxy groups -OCH3 is 1. The van der Waals surface area contributed by atoms with Crippen molar-refractivity contribution >= 4 is 5.95 Å². The lowest BCUT2D eigenvalue weighted by atomic mass is 10.2. The Bertz CT molecular complexity index is 726. The molecule has 0 amide bonds. The standard InChI is InChI=1S/C12H11N7O/c1-20-9-4-2-3-8(5-9)10-16-11(13)18-12(17-10)19-7-14-6-15-19/h2-7H,1H3,(H2,13,16,17,18). The first kappa shape index (κ1) is 12.0. The molecule has 3 rings (SSSR count). The molecule has 0 aliphatic heterocycles. The van der Waals surface area contributed by atoms with Crippen LogP contribution in [-0.2, 0) is 0 Å². The molecule has 100 valence electrons. The summed E-state index contributed by atoms with van der Waals surface area (Å²) in [6.45, 7) is 0. The Morgan fingerprint density at radius 1 is 1.20 bits per heavy atom. The molecule has 20 heavy (non-hydrogen) atoms. The number of benzene rings is 1. The van der Waals surface area contributed by atoms with Crippen LogP contribution >= 0.6 is 0 Å². The number of aromatic nitrogens is 6. The lowest BCUT2D eigenvalue weighted by molar-refractivity contribution is 0.415. The molecule has 0 bridgehead atoms. The van der Waals surface area contributed by atoms with Crippen molar-refractivity contribution in [2.75, 3.05) is 12.8 Å². The van der Waals surface area contributed by atoms with Gasteiger partial charge in [-0.05, 0) is 12.1 Å². The summed E-state index contributed by atoms with van der Waals surface area (Å²) in [6.07, 6.45) is 2.88. The average Bonchev–Trinajstić information content (AvgIpc) is 3.01. The Morgan fingerprint density at radius 3 is 2.85 bits per heavy atom. The number of ether oxygens (including phenoxy) is 1. The van der Waals surface area contributed by atoms with Crippen LogP contribution in [0.25, 0.3) is 17.3 Å². The molecular formula is C12H11N7O. The van der Waals surface area contributed by atoms with Gasteiger partial charge in [0.15, 0.2) is 5.82 Å². The quantitative estimate of drug-likeness (QED) is 0.746. The summed E-state index contributed by atoms with van der Waals surface area (Å²) in [6, 6.07) is 7.37. The maximum absolute atomic E-state index is 5.72. The normalized spacial score (nSPS) is 10.4. The Labute approximate surface area is 114 Å². The van der Waals surface area contributed by atoms with Gasteiger partial charge in [-0.25, -0.2) is 4.98 Å². The zero-order valence-electron chi connectivity index (χ0n) is 10.6. The van der Waals surface area contributed by atoms with E-state index in [9.17, 15) is 0 Å². The molecule has 0 radical (unpaired) electrons. The summed E-state index contributed by atoms with van der Waals surface area (Å²) >= 11 is 0. The lowest BCUT2D eigenvalue weighted by Gasteiger charge is -2.06. The largest absolute Gasteiger partial charge is 0.497 e. The van der Waals surface area contributed by atoms with Gasteiger partial charge < -0.3 is 10.5 Å². The zero-order chi connectivity index (χ0) is 13.9. The second kappa shape index (κ2) is 4.92. The van der Waals surface area contributed by atoms with Crippen LogP contribution in [0, 0.1) is 0 Å². The number of nitrogen functional groups attached to an aromatic ring is 1. The minimum atomic E-state index is 0.114. The maximum atomic E-state index is 5.72. The van der Waals surface area contributed by atoms with Crippen molar-refractivity contribution in [3.8, 4) is 23.1 Å². The molecule has 2 N–H and O–H groups in total. The molecule has 0 fully saturated rings. The van der Waals surface area contributed by atoms with Crippen LogP contribution in [0.3, 0.4) is 0 Å². The number of hydrogen-bond donors (Lipinski definition) is 1. The van der Waals surface area contributed by atoms with Crippen molar-refractivity contribution in [1.29, 1.82) is 0 Å². The van der Waals surface area contributed by atoms with Gasteiger partial charge in [0.2, 0.25) is 5.95 Å². The summed E-state index contributed by atoms with van der Waals surface area (Å²) < 4.78 is 6.60. The summed E-state index contributed by atoms with van der Waals surface area (Å²) in [5, 5.41) is 3.97. The fourth-order valence-electron chi connectivity index (χ4n) is 1.69. The molecule has 0 aliphatic rings. The highest BCUT2D eigenvalue weighted by atomic mass is 16.5. The smallest absolute Gasteiger partial charge is 0.257 e. The van der Waals surface area contributed by atoms with E-state index in [1.54, 1.807) is 7.11 Å². The van der Waals surface area contributed by atoms with E-state index in [1.165, 1.54) is 17.3 Å². The fraction of sp³-hybridized carbons (Fsp3) is 0.0833. The van der Waals surface area contributed by atoms with Crippen molar-refractivity contribution < 1.29 is 4.74 Å². The first-order valence-corrected chi connectivity index (χ1v) is 5.77. The second-order valence-electron chi connectivity index (χ2n) is 3.89. The van der Waals surface area contributed by atoms with E-state index in [-0.39, 0.29) is 5.95 Å². The van der Waals surface area contributed by atoms with Crippen LogP contribution in [-0.4, -0.2) is 36.8 Å². The lowest BCUT2D eigenvalue weighted by Crippen LogP contribution is -2.08. The van der Waals surface area contributed by atoms with Crippen molar-refractivity contribution in [2.24, 2.45) is 0 Å². The molecule has 0 saturated carbocycles. The van der Waals surface area contributed by atoms with Crippen LogP contribution in [0.2, 0.25) is 0 Å². The minimum absolute atomic E-state index is 0.114. The van der Waals surface area contributed by atoms with Crippen LogP contribution in [0.5, 0.6) is 5.75 Å². The van der Waals surface area contributed by atoms with Crippen molar-refractivity contribution in [1.82, 2.24) is 29.7 Å². The van der Waals surface area contributed by atoms with E-state index >= 15 is 0 Å². The predicted molar refractivity (Wildman–Crippen MR) is 71.1 cm³/mol. The Hall–Kier alpha value is -3.03. The molecule has 0 atom stereocenters. The molecule has 1 aromatic carbocycles. The molecule has 0 aliphatic carbocycles. The van der Waals surface area contributed by atoms with Gasteiger partial charge in [0, 0.05) is 5.56 Å². The van der Waals surface area contributed by atoms with E-state index in [0.29, 0.717) is 17.5 Å². The van der Waals surface area contributed by atoms with Gasteiger partial charge in [0.1, 0.15) is 18.4 Å². The first-order valence-electron chi connectivity index (χ1n) is 5.77. The summed E-state index contributed by atoms with van der Waals surface area (Å²) in [5.41, 5.74) is 6.50. The summed E-state index contributed by atoms with van der Waals surface area (Å²) in [4.78, 5) is 16.3. The van der Waals surface area contributed by atoms with Gasteiger partial charge in [-0.3, -0.25) is 0 Å². The number of nitrogens with zero attached hydrogens (tertiary/aromatic N) is 6. The number of rotatable bonds is 3. The third kappa shape index (κ3) is 2.26. The van der Waals surface area contributed by atoms with E-state index < -0.39 is 0 Å². The van der Waals surface area contributed by atoms with E-state index in [1.807, 2.05) is 24.3 Å². The predicted octanol–water partition coefficient (Wildman–Crippen LogP) is 0.710. The van der Waals surface area contributed by atoms with Crippen LogP contribution < -0.4 is 10.5 Å². The molecule has 0 unspecified atom stereocenters. The fourth-order valence-corrected chi connectivity index (χ4v) is 1.69. The van der Waals surface area contributed by atoms with Gasteiger partial charge in [-0.1, -0.05) is 12.1 Å². The average molecular weight is 269 g/mol. The van der Waals surface area contributed by atoms with Crippen LogP contribution in [0.1, 0.15) is 0 Å².